The fraction of sp³-hybridized carbons (Fsp3) is 0.471. The lowest BCUT2D eigenvalue weighted by Crippen LogP contribution is -2.16. The summed E-state index contributed by atoms with van der Waals surface area (Å²) in [5, 5.41) is 5.98. The Morgan fingerprint density at radius 1 is 1.15 bits per heavy atom. The predicted octanol–water partition coefficient (Wildman–Crippen LogP) is 3.53. The van der Waals surface area contributed by atoms with Crippen LogP contribution in [0.3, 0.4) is 0 Å². The molecule has 1 aromatic heterocycles. The van der Waals surface area contributed by atoms with Crippen LogP contribution in [0.4, 0.5) is 0 Å². The summed E-state index contributed by atoms with van der Waals surface area (Å²) < 4.78 is 5.53. The molecule has 0 aliphatic carbocycles. The molecular weight excluding hydrogens is 248 g/mol. The first kappa shape index (κ1) is 14.9. The highest BCUT2D eigenvalue weighted by Crippen LogP contribution is 2.16. The molecule has 0 bridgehead atoms. The van der Waals surface area contributed by atoms with Crippen molar-refractivity contribution in [1.29, 1.82) is 0 Å². The number of hydrogen-bond acceptors (Lipinski definition) is 3. The Bertz CT molecular complexity index is 520. The van der Waals surface area contributed by atoms with E-state index in [9.17, 15) is 0 Å². The second-order valence-corrected chi connectivity index (χ2v) is 5.32. The highest BCUT2D eigenvalue weighted by atomic mass is 16.5. The number of fused-ring (bicyclic) bond motifs is 1. The van der Waals surface area contributed by atoms with Crippen molar-refractivity contribution in [3.8, 4) is 0 Å². The molecule has 0 aliphatic heterocycles. The van der Waals surface area contributed by atoms with Gasteiger partial charge >= 0.3 is 0 Å². The SMILES string of the molecule is CC(C)OCCCCNCc1cncc2ccccc12. The molecule has 0 fully saturated rings. The minimum Gasteiger partial charge on any atom is -0.379 e. The van der Waals surface area contributed by atoms with Gasteiger partial charge in [-0.15, -0.1) is 0 Å². The number of ether oxygens (including phenoxy) is 1. The van der Waals surface area contributed by atoms with E-state index in [1.54, 1.807) is 0 Å². The molecule has 2 aromatic rings. The molecule has 3 nitrogen and oxygen atoms in total. The van der Waals surface area contributed by atoms with E-state index >= 15 is 0 Å². The molecule has 0 amide bonds. The zero-order chi connectivity index (χ0) is 14.2. The summed E-state index contributed by atoms with van der Waals surface area (Å²) in [6.45, 7) is 6.90. The van der Waals surface area contributed by atoms with Gasteiger partial charge in [-0.25, -0.2) is 0 Å². The van der Waals surface area contributed by atoms with E-state index in [0.717, 1.165) is 32.5 Å². The van der Waals surface area contributed by atoms with E-state index in [4.69, 9.17) is 4.74 Å². The molecule has 0 saturated heterocycles. The van der Waals surface area contributed by atoms with Crippen molar-refractivity contribution < 1.29 is 4.74 Å². The monoisotopic (exact) mass is 272 g/mol. The normalized spacial score (nSPS) is 11.3. The Labute approximate surface area is 121 Å². The lowest BCUT2D eigenvalue weighted by Gasteiger charge is -2.09. The maximum atomic E-state index is 5.53. The Hall–Kier alpha value is -1.45. The summed E-state index contributed by atoms with van der Waals surface area (Å²) in [6.07, 6.45) is 6.47. The maximum absolute atomic E-state index is 5.53. The topological polar surface area (TPSA) is 34.1 Å². The number of hydrogen-bond donors (Lipinski definition) is 1. The van der Waals surface area contributed by atoms with Crippen molar-refractivity contribution >= 4 is 10.8 Å². The summed E-state index contributed by atoms with van der Waals surface area (Å²) in [5.41, 5.74) is 1.27. The number of aromatic nitrogens is 1. The Kier molecular flexibility index (Phi) is 5.96. The van der Waals surface area contributed by atoms with Gasteiger partial charge in [-0.2, -0.15) is 0 Å². The third-order valence-electron chi connectivity index (χ3n) is 3.27. The van der Waals surface area contributed by atoms with Crippen LogP contribution in [0, 0.1) is 0 Å². The van der Waals surface area contributed by atoms with Gasteiger partial charge in [-0.3, -0.25) is 4.98 Å². The number of pyridine rings is 1. The van der Waals surface area contributed by atoms with Crippen molar-refractivity contribution in [1.82, 2.24) is 10.3 Å². The number of benzene rings is 1. The van der Waals surface area contributed by atoms with Gasteiger partial charge in [0.05, 0.1) is 6.10 Å². The number of nitrogens with zero attached hydrogens (tertiary/aromatic N) is 1. The van der Waals surface area contributed by atoms with E-state index in [2.05, 4.69) is 48.4 Å². The van der Waals surface area contributed by atoms with Gasteiger partial charge in [-0.05, 0) is 44.2 Å². The van der Waals surface area contributed by atoms with E-state index in [1.165, 1.54) is 16.3 Å². The quantitative estimate of drug-likeness (QED) is 0.746. The second kappa shape index (κ2) is 7.98. The molecule has 0 spiro atoms. The van der Waals surface area contributed by atoms with Crippen LogP contribution < -0.4 is 5.32 Å². The molecule has 0 unspecified atom stereocenters. The summed E-state index contributed by atoms with van der Waals surface area (Å²) in [4.78, 5) is 4.30. The number of rotatable bonds is 8. The number of nitrogens with one attached hydrogen (secondary N) is 1. The molecule has 108 valence electrons. The van der Waals surface area contributed by atoms with Crippen LogP contribution in [0.2, 0.25) is 0 Å². The molecule has 20 heavy (non-hydrogen) atoms. The smallest absolute Gasteiger partial charge is 0.0518 e. The molecule has 3 heteroatoms. The van der Waals surface area contributed by atoms with E-state index in [0.29, 0.717) is 6.10 Å². The summed E-state index contributed by atoms with van der Waals surface area (Å²) in [6, 6.07) is 8.39. The van der Waals surface area contributed by atoms with Crippen molar-refractivity contribution in [2.75, 3.05) is 13.2 Å². The second-order valence-electron chi connectivity index (χ2n) is 5.32. The van der Waals surface area contributed by atoms with Crippen LogP contribution in [0.25, 0.3) is 10.8 Å². The number of unbranched alkanes of at least 4 members (excludes halogenated alkanes) is 1. The average Bonchev–Trinajstić information content (AvgIpc) is 2.46. The zero-order valence-corrected chi connectivity index (χ0v) is 12.4. The fourth-order valence-corrected chi connectivity index (χ4v) is 2.21. The molecular formula is C17H24N2O. The lowest BCUT2D eigenvalue weighted by molar-refractivity contribution is 0.0760. The fourth-order valence-electron chi connectivity index (χ4n) is 2.21. The first-order valence-corrected chi connectivity index (χ1v) is 7.41. The van der Waals surface area contributed by atoms with Crippen molar-refractivity contribution in [2.45, 2.75) is 39.3 Å². The Balaban J connectivity index is 1.73. The molecule has 1 aromatic carbocycles. The molecule has 0 atom stereocenters. The van der Waals surface area contributed by atoms with E-state index in [-0.39, 0.29) is 0 Å². The summed E-state index contributed by atoms with van der Waals surface area (Å²) in [5.74, 6) is 0. The summed E-state index contributed by atoms with van der Waals surface area (Å²) >= 11 is 0. The standard InChI is InChI=1S/C17H24N2O/c1-14(2)20-10-6-5-9-18-12-16-13-19-11-15-7-3-4-8-17(15)16/h3-4,7-8,11,13-14,18H,5-6,9-10,12H2,1-2H3. The van der Waals surface area contributed by atoms with Crippen LogP contribution in [0.1, 0.15) is 32.3 Å². The van der Waals surface area contributed by atoms with Gasteiger partial charge in [0.25, 0.3) is 0 Å². The Morgan fingerprint density at radius 3 is 2.85 bits per heavy atom. The third kappa shape index (κ3) is 4.58. The van der Waals surface area contributed by atoms with E-state index in [1.807, 2.05) is 12.4 Å². The van der Waals surface area contributed by atoms with Gasteiger partial charge in [0, 0.05) is 30.9 Å². The molecule has 0 saturated carbocycles. The highest BCUT2D eigenvalue weighted by molar-refractivity contribution is 5.84. The average molecular weight is 272 g/mol. The van der Waals surface area contributed by atoms with Crippen LogP contribution in [0.5, 0.6) is 0 Å². The van der Waals surface area contributed by atoms with Crippen molar-refractivity contribution in [2.24, 2.45) is 0 Å². The molecule has 2 rings (SSSR count). The van der Waals surface area contributed by atoms with Gasteiger partial charge < -0.3 is 10.1 Å². The van der Waals surface area contributed by atoms with Crippen LogP contribution >= 0.6 is 0 Å². The van der Waals surface area contributed by atoms with Crippen molar-refractivity contribution in [3.63, 3.8) is 0 Å². The zero-order valence-electron chi connectivity index (χ0n) is 12.4. The van der Waals surface area contributed by atoms with Gasteiger partial charge in [0.1, 0.15) is 0 Å². The van der Waals surface area contributed by atoms with E-state index < -0.39 is 0 Å². The minimum absolute atomic E-state index is 0.338. The summed E-state index contributed by atoms with van der Waals surface area (Å²) in [7, 11) is 0. The molecule has 0 radical (unpaired) electrons. The van der Waals surface area contributed by atoms with Crippen LogP contribution in [0.15, 0.2) is 36.7 Å². The third-order valence-corrected chi connectivity index (χ3v) is 3.27. The van der Waals surface area contributed by atoms with Gasteiger partial charge in [0.15, 0.2) is 0 Å². The largest absolute Gasteiger partial charge is 0.379 e. The minimum atomic E-state index is 0.338. The van der Waals surface area contributed by atoms with Crippen LogP contribution in [-0.2, 0) is 11.3 Å². The van der Waals surface area contributed by atoms with Gasteiger partial charge in [0.2, 0.25) is 0 Å². The molecule has 0 aliphatic rings. The Morgan fingerprint density at radius 2 is 2.00 bits per heavy atom. The van der Waals surface area contributed by atoms with Crippen molar-refractivity contribution in [3.05, 3.63) is 42.2 Å². The first-order valence-electron chi connectivity index (χ1n) is 7.41. The molecule has 1 heterocycles. The molecule has 1 N–H and O–H groups in total. The predicted molar refractivity (Wildman–Crippen MR) is 83.8 cm³/mol. The lowest BCUT2D eigenvalue weighted by atomic mass is 10.1. The highest BCUT2D eigenvalue weighted by Gasteiger charge is 2.00. The maximum Gasteiger partial charge on any atom is 0.0518 e. The van der Waals surface area contributed by atoms with Crippen LogP contribution in [-0.4, -0.2) is 24.2 Å². The van der Waals surface area contributed by atoms with Gasteiger partial charge in [-0.1, -0.05) is 24.3 Å². The first-order chi connectivity index (χ1) is 9.77.